The summed E-state index contributed by atoms with van der Waals surface area (Å²) in [5.74, 6) is 0.910. The van der Waals surface area contributed by atoms with Crippen LogP contribution in [0.4, 0.5) is 0 Å². The fourth-order valence-corrected chi connectivity index (χ4v) is 1.55. The molecule has 2 aromatic heterocycles. The molecule has 0 aromatic carbocycles. The maximum absolute atomic E-state index is 5.79. The predicted molar refractivity (Wildman–Crippen MR) is 58.7 cm³/mol. The van der Waals surface area contributed by atoms with E-state index in [9.17, 15) is 0 Å². The van der Waals surface area contributed by atoms with Gasteiger partial charge in [0.2, 0.25) is 0 Å². The van der Waals surface area contributed by atoms with Crippen LogP contribution in [0.15, 0.2) is 37.1 Å². The summed E-state index contributed by atoms with van der Waals surface area (Å²) in [6, 6.07) is 4.11. The molecule has 15 heavy (non-hydrogen) atoms. The Hall–Kier alpha value is -1.68. The van der Waals surface area contributed by atoms with Crippen molar-refractivity contribution >= 4 is 0 Å². The van der Waals surface area contributed by atoms with Gasteiger partial charge in [-0.3, -0.25) is 4.57 Å². The highest BCUT2D eigenvalue weighted by atomic mass is 15.1. The molecule has 2 rings (SSSR count). The standard InChI is InChI=1S/C11H14N4/c1-9(12)7-10-3-2-4-14-11(10)15-6-5-13-8-15/h2-6,8-9H,7,12H2,1H3. The van der Waals surface area contributed by atoms with Crippen LogP contribution in [-0.2, 0) is 6.42 Å². The highest BCUT2D eigenvalue weighted by Gasteiger charge is 2.06. The van der Waals surface area contributed by atoms with Crippen LogP contribution < -0.4 is 5.73 Å². The Balaban J connectivity index is 2.38. The minimum Gasteiger partial charge on any atom is -0.328 e. The zero-order valence-electron chi connectivity index (χ0n) is 8.67. The third kappa shape index (κ3) is 2.22. The van der Waals surface area contributed by atoms with Crippen LogP contribution in [0.3, 0.4) is 0 Å². The molecular weight excluding hydrogens is 188 g/mol. The Kier molecular flexibility index (Phi) is 2.78. The SMILES string of the molecule is CC(N)Cc1cccnc1-n1ccnc1. The van der Waals surface area contributed by atoms with Gasteiger partial charge in [-0.2, -0.15) is 0 Å². The van der Waals surface area contributed by atoms with Gasteiger partial charge in [-0.1, -0.05) is 6.07 Å². The van der Waals surface area contributed by atoms with Gasteiger partial charge in [-0.15, -0.1) is 0 Å². The molecule has 0 spiro atoms. The fraction of sp³-hybridized carbons (Fsp3) is 0.273. The first-order chi connectivity index (χ1) is 7.27. The molecule has 1 unspecified atom stereocenters. The number of rotatable bonds is 3. The van der Waals surface area contributed by atoms with Crippen molar-refractivity contribution in [3.05, 3.63) is 42.6 Å². The van der Waals surface area contributed by atoms with Crippen LogP contribution >= 0.6 is 0 Å². The van der Waals surface area contributed by atoms with Crippen LogP contribution in [0, 0.1) is 0 Å². The molecule has 2 N–H and O–H groups in total. The molecule has 2 aromatic rings. The molecule has 2 heterocycles. The maximum atomic E-state index is 5.79. The smallest absolute Gasteiger partial charge is 0.141 e. The summed E-state index contributed by atoms with van der Waals surface area (Å²) in [6.07, 6.45) is 7.96. The quantitative estimate of drug-likeness (QED) is 0.812. The maximum Gasteiger partial charge on any atom is 0.141 e. The van der Waals surface area contributed by atoms with Gasteiger partial charge in [0, 0.05) is 24.6 Å². The van der Waals surface area contributed by atoms with Gasteiger partial charge in [-0.05, 0) is 25.0 Å². The van der Waals surface area contributed by atoms with E-state index in [1.54, 1.807) is 18.7 Å². The van der Waals surface area contributed by atoms with Gasteiger partial charge in [-0.25, -0.2) is 9.97 Å². The van der Waals surface area contributed by atoms with E-state index in [1.165, 1.54) is 0 Å². The van der Waals surface area contributed by atoms with Gasteiger partial charge in [0.25, 0.3) is 0 Å². The first kappa shape index (κ1) is 9.86. The molecule has 0 saturated heterocycles. The molecule has 1 atom stereocenters. The predicted octanol–water partition coefficient (Wildman–Crippen LogP) is 1.16. The van der Waals surface area contributed by atoms with Crippen molar-refractivity contribution in [2.45, 2.75) is 19.4 Å². The van der Waals surface area contributed by atoms with Crippen molar-refractivity contribution in [3.8, 4) is 5.82 Å². The number of hydrogen-bond donors (Lipinski definition) is 1. The largest absolute Gasteiger partial charge is 0.328 e. The van der Waals surface area contributed by atoms with Crippen LogP contribution in [0.2, 0.25) is 0 Å². The number of hydrogen-bond acceptors (Lipinski definition) is 3. The average Bonchev–Trinajstić information content (AvgIpc) is 2.70. The molecule has 0 fully saturated rings. The Labute approximate surface area is 88.8 Å². The second-order valence-corrected chi connectivity index (χ2v) is 3.64. The molecular formula is C11H14N4. The van der Waals surface area contributed by atoms with E-state index < -0.39 is 0 Å². The second-order valence-electron chi connectivity index (χ2n) is 3.64. The lowest BCUT2D eigenvalue weighted by molar-refractivity contribution is 0.729. The molecule has 4 nitrogen and oxygen atoms in total. The van der Waals surface area contributed by atoms with E-state index in [-0.39, 0.29) is 6.04 Å². The van der Waals surface area contributed by atoms with E-state index in [2.05, 4.69) is 9.97 Å². The first-order valence-electron chi connectivity index (χ1n) is 4.95. The van der Waals surface area contributed by atoms with Crippen LogP contribution in [-0.4, -0.2) is 20.6 Å². The average molecular weight is 202 g/mol. The summed E-state index contributed by atoms with van der Waals surface area (Å²) >= 11 is 0. The van der Waals surface area contributed by atoms with Crippen molar-refractivity contribution < 1.29 is 0 Å². The van der Waals surface area contributed by atoms with Crippen molar-refractivity contribution in [1.29, 1.82) is 0 Å². The van der Waals surface area contributed by atoms with E-state index in [1.807, 2.05) is 29.8 Å². The highest BCUT2D eigenvalue weighted by molar-refractivity contribution is 5.33. The number of imidazole rings is 1. The number of pyridine rings is 1. The van der Waals surface area contributed by atoms with Crippen LogP contribution in [0.25, 0.3) is 5.82 Å². The Morgan fingerprint density at radius 3 is 3.00 bits per heavy atom. The molecule has 78 valence electrons. The summed E-state index contributed by atoms with van der Waals surface area (Å²) in [7, 11) is 0. The normalized spacial score (nSPS) is 12.7. The van der Waals surface area contributed by atoms with Crippen molar-refractivity contribution in [1.82, 2.24) is 14.5 Å². The van der Waals surface area contributed by atoms with E-state index >= 15 is 0 Å². The lowest BCUT2D eigenvalue weighted by Crippen LogP contribution is -2.19. The third-order valence-electron chi connectivity index (χ3n) is 2.16. The monoisotopic (exact) mass is 202 g/mol. The topological polar surface area (TPSA) is 56.7 Å². The Morgan fingerprint density at radius 1 is 1.47 bits per heavy atom. The Morgan fingerprint density at radius 2 is 2.33 bits per heavy atom. The molecule has 0 bridgehead atoms. The zero-order valence-corrected chi connectivity index (χ0v) is 8.67. The van der Waals surface area contributed by atoms with E-state index in [0.717, 1.165) is 17.8 Å². The second kappa shape index (κ2) is 4.23. The highest BCUT2D eigenvalue weighted by Crippen LogP contribution is 2.12. The molecule has 0 aliphatic rings. The van der Waals surface area contributed by atoms with Gasteiger partial charge in [0.05, 0.1) is 0 Å². The molecule has 0 amide bonds. The van der Waals surface area contributed by atoms with Crippen molar-refractivity contribution in [3.63, 3.8) is 0 Å². The number of aromatic nitrogens is 3. The lowest BCUT2D eigenvalue weighted by atomic mass is 10.1. The van der Waals surface area contributed by atoms with Gasteiger partial charge in [0.15, 0.2) is 0 Å². The molecule has 0 radical (unpaired) electrons. The minimum absolute atomic E-state index is 0.136. The van der Waals surface area contributed by atoms with E-state index in [4.69, 9.17) is 5.73 Å². The van der Waals surface area contributed by atoms with Crippen molar-refractivity contribution in [2.24, 2.45) is 5.73 Å². The summed E-state index contributed by atoms with van der Waals surface area (Å²) in [5.41, 5.74) is 6.94. The summed E-state index contributed by atoms with van der Waals surface area (Å²) in [6.45, 7) is 1.99. The van der Waals surface area contributed by atoms with Gasteiger partial charge >= 0.3 is 0 Å². The zero-order chi connectivity index (χ0) is 10.7. The molecule has 0 aliphatic heterocycles. The summed E-state index contributed by atoms with van der Waals surface area (Å²) in [5, 5.41) is 0. The molecule has 4 heteroatoms. The minimum atomic E-state index is 0.136. The van der Waals surface area contributed by atoms with Crippen LogP contribution in [0.1, 0.15) is 12.5 Å². The molecule has 0 aliphatic carbocycles. The summed E-state index contributed by atoms with van der Waals surface area (Å²) < 4.78 is 1.90. The Bertz CT molecular complexity index is 420. The summed E-state index contributed by atoms with van der Waals surface area (Å²) in [4.78, 5) is 8.35. The lowest BCUT2D eigenvalue weighted by Gasteiger charge is -2.10. The first-order valence-corrected chi connectivity index (χ1v) is 4.95. The van der Waals surface area contributed by atoms with Gasteiger partial charge < -0.3 is 5.73 Å². The fourth-order valence-electron chi connectivity index (χ4n) is 1.55. The van der Waals surface area contributed by atoms with E-state index in [0.29, 0.717) is 0 Å². The molecule has 0 saturated carbocycles. The number of nitrogens with two attached hydrogens (primary N) is 1. The van der Waals surface area contributed by atoms with Gasteiger partial charge in [0.1, 0.15) is 12.1 Å². The van der Waals surface area contributed by atoms with Crippen LogP contribution in [0.5, 0.6) is 0 Å². The van der Waals surface area contributed by atoms with Crippen molar-refractivity contribution in [2.75, 3.05) is 0 Å². The number of nitrogens with zero attached hydrogens (tertiary/aromatic N) is 3. The third-order valence-corrected chi connectivity index (χ3v) is 2.16.